The monoisotopic (exact) mass is 275 g/mol. The summed E-state index contributed by atoms with van der Waals surface area (Å²) in [5.41, 5.74) is 1.32. The number of thioether (sulfide) groups is 1. The molecular weight excluding hydrogens is 254 g/mol. The van der Waals surface area contributed by atoms with Gasteiger partial charge >= 0.3 is 0 Å². The molecule has 0 spiro atoms. The Hall–Kier alpha value is -0.960. The minimum absolute atomic E-state index is 0.0803. The summed E-state index contributed by atoms with van der Waals surface area (Å²) >= 11 is 1.72. The molecule has 1 saturated carbocycles. The Morgan fingerprint density at radius 1 is 1.21 bits per heavy atom. The van der Waals surface area contributed by atoms with Crippen molar-refractivity contribution in [2.24, 2.45) is 5.92 Å². The molecule has 1 unspecified atom stereocenters. The van der Waals surface area contributed by atoms with Crippen LogP contribution >= 0.6 is 11.8 Å². The normalized spacial score (nSPS) is 29.8. The zero-order chi connectivity index (χ0) is 13.2. The van der Waals surface area contributed by atoms with Crippen LogP contribution in [-0.4, -0.2) is 17.2 Å². The highest BCUT2D eigenvalue weighted by molar-refractivity contribution is 8.01. The van der Waals surface area contributed by atoms with Crippen LogP contribution in [0.1, 0.15) is 38.2 Å². The van der Waals surface area contributed by atoms with E-state index in [1.54, 1.807) is 11.8 Å². The highest BCUT2D eigenvalue weighted by Crippen LogP contribution is 2.37. The third-order valence-corrected chi connectivity index (χ3v) is 5.62. The van der Waals surface area contributed by atoms with Gasteiger partial charge in [0.15, 0.2) is 0 Å². The molecule has 2 aliphatic rings. The second-order valence-corrected chi connectivity index (χ2v) is 7.13. The Labute approximate surface area is 119 Å². The van der Waals surface area contributed by atoms with Crippen molar-refractivity contribution in [3.05, 3.63) is 29.8 Å². The summed E-state index contributed by atoms with van der Waals surface area (Å²) in [6.07, 6.45) is 5.69. The van der Waals surface area contributed by atoms with Gasteiger partial charge in [0.2, 0.25) is 5.91 Å². The molecule has 0 saturated heterocycles. The molecule has 19 heavy (non-hydrogen) atoms. The Bertz CT molecular complexity index is 441. The van der Waals surface area contributed by atoms with E-state index < -0.39 is 0 Å². The fourth-order valence-corrected chi connectivity index (χ4v) is 4.23. The SMILES string of the molecule is CC1CCC(NC(=O)C2Cc3ccccc3S2)CC1. The van der Waals surface area contributed by atoms with Gasteiger partial charge in [0.05, 0.1) is 5.25 Å². The van der Waals surface area contributed by atoms with Gasteiger partial charge in [-0.25, -0.2) is 0 Å². The molecule has 0 bridgehead atoms. The van der Waals surface area contributed by atoms with Crippen molar-refractivity contribution in [3.8, 4) is 0 Å². The average molecular weight is 275 g/mol. The molecule has 3 rings (SSSR count). The maximum absolute atomic E-state index is 12.3. The van der Waals surface area contributed by atoms with Crippen LogP contribution in [0.4, 0.5) is 0 Å². The van der Waals surface area contributed by atoms with Gasteiger partial charge in [-0.05, 0) is 49.7 Å². The molecule has 102 valence electrons. The first kappa shape index (κ1) is 13.0. The Balaban J connectivity index is 1.55. The molecule has 1 atom stereocenters. The van der Waals surface area contributed by atoms with Crippen molar-refractivity contribution in [2.45, 2.75) is 55.2 Å². The number of carbonyl (C=O) groups is 1. The summed E-state index contributed by atoms with van der Waals surface area (Å²) in [6.45, 7) is 2.31. The largest absolute Gasteiger partial charge is 0.352 e. The van der Waals surface area contributed by atoms with E-state index >= 15 is 0 Å². The first-order valence-corrected chi connectivity index (χ1v) is 8.15. The first-order valence-electron chi connectivity index (χ1n) is 7.27. The van der Waals surface area contributed by atoms with Crippen molar-refractivity contribution in [1.29, 1.82) is 0 Å². The second-order valence-electron chi connectivity index (χ2n) is 5.88. The van der Waals surface area contributed by atoms with Gasteiger partial charge in [-0.2, -0.15) is 0 Å². The van der Waals surface area contributed by atoms with Crippen LogP contribution in [0.5, 0.6) is 0 Å². The highest BCUT2D eigenvalue weighted by Gasteiger charge is 2.30. The fraction of sp³-hybridized carbons (Fsp3) is 0.562. The molecule has 3 heteroatoms. The first-order chi connectivity index (χ1) is 9.22. The summed E-state index contributed by atoms with van der Waals surface area (Å²) in [7, 11) is 0. The van der Waals surface area contributed by atoms with Gasteiger partial charge in [0, 0.05) is 10.9 Å². The lowest BCUT2D eigenvalue weighted by Gasteiger charge is -2.27. The van der Waals surface area contributed by atoms with Crippen molar-refractivity contribution in [3.63, 3.8) is 0 Å². The maximum Gasteiger partial charge on any atom is 0.234 e. The lowest BCUT2D eigenvalue weighted by atomic mass is 9.87. The average Bonchev–Trinajstić information content (AvgIpc) is 2.85. The number of carbonyl (C=O) groups excluding carboxylic acids is 1. The lowest BCUT2D eigenvalue weighted by Crippen LogP contribution is -2.41. The maximum atomic E-state index is 12.3. The smallest absolute Gasteiger partial charge is 0.234 e. The van der Waals surface area contributed by atoms with E-state index in [1.807, 2.05) is 0 Å². The van der Waals surface area contributed by atoms with Crippen molar-refractivity contribution < 1.29 is 4.79 Å². The Morgan fingerprint density at radius 3 is 2.68 bits per heavy atom. The second kappa shape index (κ2) is 5.58. The number of hydrogen-bond donors (Lipinski definition) is 1. The minimum atomic E-state index is 0.0803. The zero-order valence-electron chi connectivity index (χ0n) is 11.4. The number of rotatable bonds is 2. The van der Waals surface area contributed by atoms with Crippen molar-refractivity contribution >= 4 is 17.7 Å². The third-order valence-electron chi connectivity index (χ3n) is 4.30. The number of amides is 1. The number of hydrogen-bond acceptors (Lipinski definition) is 2. The van der Waals surface area contributed by atoms with Gasteiger partial charge in [-0.3, -0.25) is 4.79 Å². The summed E-state index contributed by atoms with van der Waals surface area (Å²) in [4.78, 5) is 13.6. The van der Waals surface area contributed by atoms with Crippen LogP contribution in [-0.2, 0) is 11.2 Å². The molecule has 1 aromatic carbocycles. The van der Waals surface area contributed by atoms with Crippen LogP contribution in [0, 0.1) is 5.92 Å². The van der Waals surface area contributed by atoms with Crippen LogP contribution in [0.2, 0.25) is 0 Å². The van der Waals surface area contributed by atoms with Gasteiger partial charge in [0.25, 0.3) is 0 Å². The summed E-state index contributed by atoms with van der Waals surface area (Å²) in [5, 5.41) is 3.34. The predicted octanol–water partition coefficient (Wildman–Crippen LogP) is 3.40. The minimum Gasteiger partial charge on any atom is -0.352 e. The van der Waals surface area contributed by atoms with Gasteiger partial charge < -0.3 is 5.32 Å². The van der Waals surface area contributed by atoms with E-state index in [0.717, 1.165) is 25.2 Å². The molecule has 1 N–H and O–H groups in total. The fourth-order valence-electron chi connectivity index (χ4n) is 3.03. The molecule has 1 heterocycles. The van der Waals surface area contributed by atoms with Crippen molar-refractivity contribution in [2.75, 3.05) is 0 Å². The molecule has 1 aliphatic heterocycles. The quantitative estimate of drug-likeness (QED) is 0.896. The van der Waals surface area contributed by atoms with Gasteiger partial charge in [-0.15, -0.1) is 11.8 Å². The van der Waals surface area contributed by atoms with E-state index in [0.29, 0.717) is 6.04 Å². The van der Waals surface area contributed by atoms with Gasteiger partial charge in [-0.1, -0.05) is 25.1 Å². The van der Waals surface area contributed by atoms with Crippen LogP contribution < -0.4 is 5.32 Å². The Kier molecular flexibility index (Phi) is 3.83. The molecule has 2 nitrogen and oxygen atoms in total. The molecular formula is C16H21NOS. The summed E-state index contributed by atoms with van der Waals surface area (Å²) in [5.74, 6) is 1.07. The summed E-state index contributed by atoms with van der Waals surface area (Å²) < 4.78 is 0. The van der Waals surface area contributed by atoms with E-state index in [2.05, 4.69) is 36.5 Å². The number of nitrogens with one attached hydrogen (secondary N) is 1. The predicted molar refractivity (Wildman–Crippen MR) is 79.4 cm³/mol. The summed E-state index contributed by atoms with van der Waals surface area (Å²) in [6, 6.07) is 8.78. The van der Waals surface area contributed by atoms with Crippen LogP contribution in [0.25, 0.3) is 0 Å². The van der Waals surface area contributed by atoms with E-state index in [4.69, 9.17) is 0 Å². The van der Waals surface area contributed by atoms with Crippen LogP contribution in [0.3, 0.4) is 0 Å². The van der Waals surface area contributed by atoms with Crippen LogP contribution in [0.15, 0.2) is 29.2 Å². The van der Waals surface area contributed by atoms with Gasteiger partial charge in [0.1, 0.15) is 0 Å². The van der Waals surface area contributed by atoms with E-state index in [1.165, 1.54) is 23.3 Å². The topological polar surface area (TPSA) is 29.1 Å². The Morgan fingerprint density at radius 2 is 1.95 bits per heavy atom. The third kappa shape index (κ3) is 2.97. The molecule has 0 aromatic heterocycles. The molecule has 1 aliphatic carbocycles. The van der Waals surface area contributed by atoms with Crippen molar-refractivity contribution in [1.82, 2.24) is 5.32 Å². The number of benzene rings is 1. The molecule has 1 aromatic rings. The van der Waals surface area contributed by atoms with E-state index in [-0.39, 0.29) is 11.2 Å². The lowest BCUT2D eigenvalue weighted by molar-refractivity contribution is -0.121. The zero-order valence-corrected chi connectivity index (χ0v) is 12.2. The molecule has 0 radical (unpaired) electrons. The van der Waals surface area contributed by atoms with E-state index in [9.17, 15) is 4.79 Å². The molecule has 1 amide bonds. The highest BCUT2D eigenvalue weighted by atomic mass is 32.2. The standard InChI is InChI=1S/C16H21NOS/c1-11-6-8-13(9-7-11)17-16(18)15-10-12-4-2-3-5-14(12)19-15/h2-5,11,13,15H,6-10H2,1H3,(H,17,18). The number of fused-ring (bicyclic) bond motifs is 1. The molecule has 1 fully saturated rings.